The number of urea groups is 1. The first-order valence-electron chi connectivity index (χ1n) is 13.5. The quantitative estimate of drug-likeness (QED) is 0.537. The fraction of sp³-hybridized carbons (Fsp3) is 0.433. The van der Waals surface area contributed by atoms with Crippen LogP contribution >= 0.6 is 0 Å². The molecule has 2 aromatic rings. The SMILES string of the molecule is CCOC(=O)C1=C(CN2CCN(C(=O)c3ccc(F)cc3)[C@@H](C)C2)N(CC)C(=O)N[C@@H]1c1cc(C)ccc1C. The monoisotopic (exact) mass is 536 g/mol. The lowest BCUT2D eigenvalue weighted by Gasteiger charge is -2.43. The fourth-order valence-corrected chi connectivity index (χ4v) is 5.41. The summed E-state index contributed by atoms with van der Waals surface area (Å²) in [4.78, 5) is 45.4. The zero-order valence-electron chi connectivity index (χ0n) is 23.3. The number of benzene rings is 2. The molecule has 1 fully saturated rings. The second kappa shape index (κ2) is 12.0. The maximum Gasteiger partial charge on any atom is 0.338 e. The van der Waals surface area contributed by atoms with E-state index >= 15 is 0 Å². The van der Waals surface area contributed by atoms with E-state index in [4.69, 9.17) is 4.74 Å². The lowest BCUT2D eigenvalue weighted by atomic mass is 9.90. The minimum absolute atomic E-state index is 0.120. The van der Waals surface area contributed by atoms with Gasteiger partial charge in [0, 0.05) is 50.0 Å². The number of esters is 1. The van der Waals surface area contributed by atoms with Gasteiger partial charge in [-0.2, -0.15) is 0 Å². The first-order valence-corrected chi connectivity index (χ1v) is 13.5. The number of hydrogen-bond acceptors (Lipinski definition) is 5. The van der Waals surface area contributed by atoms with Crippen LogP contribution in [0.1, 0.15) is 53.9 Å². The van der Waals surface area contributed by atoms with E-state index in [1.807, 2.05) is 45.9 Å². The number of nitrogens with one attached hydrogen (secondary N) is 1. The minimum atomic E-state index is -0.631. The predicted octanol–water partition coefficient (Wildman–Crippen LogP) is 4.19. The first kappa shape index (κ1) is 28.3. The Morgan fingerprint density at radius 2 is 1.79 bits per heavy atom. The zero-order chi connectivity index (χ0) is 28.3. The van der Waals surface area contributed by atoms with Gasteiger partial charge in [0.1, 0.15) is 5.82 Å². The number of ether oxygens (including phenoxy) is 1. The van der Waals surface area contributed by atoms with Crippen LogP contribution in [0.25, 0.3) is 0 Å². The summed E-state index contributed by atoms with van der Waals surface area (Å²) in [6, 6.07) is 10.6. The molecule has 0 spiro atoms. The highest BCUT2D eigenvalue weighted by molar-refractivity contribution is 5.96. The van der Waals surface area contributed by atoms with Crippen LogP contribution in [0.5, 0.6) is 0 Å². The van der Waals surface area contributed by atoms with E-state index in [0.29, 0.717) is 49.6 Å². The van der Waals surface area contributed by atoms with Crippen LogP contribution in [-0.4, -0.2) is 78.0 Å². The highest BCUT2D eigenvalue weighted by atomic mass is 19.1. The lowest BCUT2D eigenvalue weighted by molar-refractivity contribution is -0.139. The minimum Gasteiger partial charge on any atom is -0.463 e. The van der Waals surface area contributed by atoms with Crippen LogP contribution in [0.15, 0.2) is 53.7 Å². The summed E-state index contributed by atoms with van der Waals surface area (Å²) in [6.07, 6.45) is 0. The van der Waals surface area contributed by atoms with Crippen LogP contribution in [0.3, 0.4) is 0 Å². The molecular formula is C30H37FN4O4. The zero-order valence-corrected chi connectivity index (χ0v) is 23.3. The molecule has 0 saturated carbocycles. The number of nitrogens with zero attached hydrogens (tertiary/aromatic N) is 3. The summed E-state index contributed by atoms with van der Waals surface area (Å²) in [6.45, 7) is 12.1. The lowest BCUT2D eigenvalue weighted by Crippen LogP contribution is -2.56. The van der Waals surface area contributed by atoms with Crippen molar-refractivity contribution in [2.75, 3.05) is 39.3 Å². The number of carbonyl (C=O) groups is 3. The van der Waals surface area contributed by atoms with Crippen LogP contribution < -0.4 is 5.32 Å². The van der Waals surface area contributed by atoms with Crippen molar-refractivity contribution >= 4 is 17.9 Å². The molecule has 0 aliphatic carbocycles. The molecule has 9 heteroatoms. The average molecular weight is 537 g/mol. The highest BCUT2D eigenvalue weighted by Crippen LogP contribution is 2.34. The molecule has 0 radical (unpaired) electrons. The molecule has 0 aromatic heterocycles. The normalized spacial score (nSPS) is 20.2. The second-order valence-corrected chi connectivity index (χ2v) is 10.2. The summed E-state index contributed by atoms with van der Waals surface area (Å²) in [5.74, 6) is -0.975. The van der Waals surface area contributed by atoms with Gasteiger partial charge in [0.25, 0.3) is 5.91 Å². The summed E-state index contributed by atoms with van der Waals surface area (Å²) < 4.78 is 18.8. The van der Waals surface area contributed by atoms with Gasteiger partial charge in [0.2, 0.25) is 0 Å². The Balaban J connectivity index is 1.65. The van der Waals surface area contributed by atoms with Gasteiger partial charge < -0.3 is 15.0 Å². The molecule has 1 N–H and O–H groups in total. The molecule has 2 aromatic carbocycles. The van der Waals surface area contributed by atoms with Crippen molar-refractivity contribution in [3.63, 3.8) is 0 Å². The largest absolute Gasteiger partial charge is 0.463 e. The summed E-state index contributed by atoms with van der Waals surface area (Å²) in [5.41, 5.74) is 4.37. The topological polar surface area (TPSA) is 82.2 Å². The second-order valence-electron chi connectivity index (χ2n) is 10.2. The molecule has 8 nitrogen and oxygen atoms in total. The Hall–Kier alpha value is -3.72. The van der Waals surface area contributed by atoms with Crippen molar-refractivity contribution in [3.8, 4) is 0 Å². The molecule has 0 bridgehead atoms. The maximum absolute atomic E-state index is 13.4. The molecule has 4 rings (SSSR count). The highest BCUT2D eigenvalue weighted by Gasteiger charge is 2.39. The maximum atomic E-state index is 13.4. The van der Waals surface area contributed by atoms with Gasteiger partial charge >= 0.3 is 12.0 Å². The number of hydrogen-bond donors (Lipinski definition) is 1. The van der Waals surface area contributed by atoms with Crippen LogP contribution in [0.4, 0.5) is 9.18 Å². The Morgan fingerprint density at radius 3 is 2.44 bits per heavy atom. The van der Waals surface area contributed by atoms with E-state index in [2.05, 4.69) is 10.2 Å². The number of rotatable bonds is 7. The average Bonchev–Trinajstić information content (AvgIpc) is 2.90. The van der Waals surface area contributed by atoms with Gasteiger partial charge in [-0.1, -0.05) is 23.8 Å². The Bertz CT molecular complexity index is 1280. The van der Waals surface area contributed by atoms with Crippen LogP contribution in [-0.2, 0) is 9.53 Å². The van der Waals surface area contributed by atoms with Gasteiger partial charge in [0.05, 0.1) is 18.2 Å². The van der Waals surface area contributed by atoms with E-state index in [1.54, 1.807) is 16.7 Å². The number of amides is 3. The Kier molecular flexibility index (Phi) is 8.70. The first-order chi connectivity index (χ1) is 18.6. The van der Waals surface area contributed by atoms with Gasteiger partial charge in [-0.3, -0.25) is 14.6 Å². The van der Waals surface area contributed by atoms with Crippen molar-refractivity contribution in [1.82, 2.24) is 20.0 Å². The van der Waals surface area contributed by atoms with Gasteiger partial charge in [-0.25, -0.2) is 14.0 Å². The molecule has 0 unspecified atom stereocenters. The number of aryl methyl sites for hydroxylation is 2. The number of likely N-dealkylation sites (N-methyl/N-ethyl adjacent to an activating group) is 1. The van der Waals surface area contributed by atoms with E-state index in [9.17, 15) is 18.8 Å². The smallest absolute Gasteiger partial charge is 0.338 e. The van der Waals surface area contributed by atoms with Crippen molar-refractivity contribution in [2.24, 2.45) is 0 Å². The summed E-state index contributed by atoms with van der Waals surface area (Å²) >= 11 is 0. The van der Waals surface area contributed by atoms with Gasteiger partial charge in [-0.15, -0.1) is 0 Å². The molecule has 1 saturated heterocycles. The van der Waals surface area contributed by atoms with Crippen molar-refractivity contribution < 1.29 is 23.5 Å². The van der Waals surface area contributed by atoms with Crippen molar-refractivity contribution in [2.45, 2.75) is 46.7 Å². The third-order valence-electron chi connectivity index (χ3n) is 7.43. The predicted molar refractivity (Wildman–Crippen MR) is 147 cm³/mol. The fourth-order valence-electron chi connectivity index (χ4n) is 5.41. The van der Waals surface area contributed by atoms with E-state index < -0.39 is 12.0 Å². The van der Waals surface area contributed by atoms with Crippen molar-refractivity contribution in [1.29, 1.82) is 0 Å². The van der Waals surface area contributed by atoms with E-state index in [0.717, 1.165) is 16.7 Å². The Labute approximate surface area is 229 Å². The third kappa shape index (κ3) is 5.98. The van der Waals surface area contributed by atoms with Gasteiger partial charge in [-0.05, 0) is 70.0 Å². The molecule has 2 aliphatic rings. The van der Waals surface area contributed by atoms with Crippen LogP contribution in [0.2, 0.25) is 0 Å². The molecule has 2 aliphatic heterocycles. The standard InChI is InChI=1S/C30H37FN4O4/c1-6-34-25(18-33-14-15-35(21(5)17-33)28(36)22-10-12-23(31)13-11-22)26(29(37)39-7-2)27(32-30(34)38)24-16-19(3)8-9-20(24)4/h8-13,16,21,27H,6-7,14-15,17-18H2,1-5H3,(H,32,38)/t21-,27+/m0/s1. The number of piperazine rings is 1. The Morgan fingerprint density at radius 1 is 1.08 bits per heavy atom. The molecule has 2 heterocycles. The molecule has 2 atom stereocenters. The molecular weight excluding hydrogens is 499 g/mol. The summed E-state index contributed by atoms with van der Waals surface area (Å²) in [7, 11) is 0. The molecule has 208 valence electrons. The van der Waals surface area contributed by atoms with Crippen LogP contribution in [0, 0.1) is 19.7 Å². The van der Waals surface area contributed by atoms with E-state index in [1.165, 1.54) is 24.3 Å². The number of carbonyl (C=O) groups excluding carboxylic acids is 3. The molecule has 3 amide bonds. The molecule has 39 heavy (non-hydrogen) atoms. The third-order valence-corrected chi connectivity index (χ3v) is 7.43. The number of halogens is 1. The summed E-state index contributed by atoms with van der Waals surface area (Å²) in [5, 5.41) is 3.04. The van der Waals surface area contributed by atoms with Gasteiger partial charge in [0.15, 0.2) is 0 Å². The van der Waals surface area contributed by atoms with Crippen molar-refractivity contribution in [3.05, 3.63) is 81.8 Å². The van der Waals surface area contributed by atoms with E-state index in [-0.39, 0.29) is 30.4 Å².